The number of carbonyl (C=O) groups is 2. The summed E-state index contributed by atoms with van der Waals surface area (Å²) in [6, 6.07) is 0. The minimum absolute atomic E-state index is 0.0316. The summed E-state index contributed by atoms with van der Waals surface area (Å²) < 4.78 is 0. The van der Waals surface area contributed by atoms with E-state index >= 15 is 0 Å². The summed E-state index contributed by atoms with van der Waals surface area (Å²) in [5.41, 5.74) is -0.0877. The number of hydrogen-bond donors (Lipinski definition) is 2. The third-order valence-electron chi connectivity index (χ3n) is 2.35. The molecule has 1 atom stereocenters. The predicted octanol–water partition coefficient (Wildman–Crippen LogP) is 2.20. The molecule has 86 valence electrons. The molecule has 0 radical (unpaired) electrons. The third kappa shape index (κ3) is 4.29. The monoisotopic (exact) mass is 230 g/mol. The number of carboxylic acids is 2. The van der Waals surface area contributed by atoms with E-state index in [0.29, 0.717) is 6.42 Å². The maximum absolute atomic E-state index is 11.0. The van der Waals surface area contributed by atoms with E-state index in [4.69, 9.17) is 10.2 Å². The van der Waals surface area contributed by atoms with Crippen LogP contribution in [-0.2, 0) is 9.59 Å². The van der Waals surface area contributed by atoms with Crippen LogP contribution in [0.5, 0.6) is 0 Å². The quantitative estimate of drug-likeness (QED) is 0.561. The molecular formula is C10H18O4Si. The normalized spacial score (nSPS) is 14.8. The highest BCUT2D eigenvalue weighted by Crippen LogP contribution is 2.32. The van der Waals surface area contributed by atoms with E-state index in [1.165, 1.54) is 0 Å². The molecule has 0 heterocycles. The topological polar surface area (TPSA) is 74.6 Å². The van der Waals surface area contributed by atoms with Gasteiger partial charge in [-0.15, -0.1) is 0 Å². The Labute approximate surface area is 90.6 Å². The third-order valence-corrected chi connectivity index (χ3v) is 5.16. The van der Waals surface area contributed by atoms with E-state index in [-0.39, 0.29) is 11.1 Å². The first kappa shape index (κ1) is 13.9. The summed E-state index contributed by atoms with van der Waals surface area (Å²) in [4.78, 5) is 21.5. The van der Waals surface area contributed by atoms with Gasteiger partial charge in [-0.2, -0.15) is 0 Å². The van der Waals surface area contributed by atoms with E-state index in [9.17, 15) is 9.59 Å². The van der Waals surface area contributed by atoms with Crippen LogP contribution >= 0.6 is 0 Å². The second kappa shape index (κ2) is 5.11. The Hall–Kier alpha value is -1.10. The van der Waals surface area contributed by atoms with Gasteiger partial charge in [0.2, 0.25) is 0 Å². The first-order valence-electron chi connectivity index (χ1n) is 4.88. The van der Waals surface area contributed by atoms with Gasteiger partial charge in [-0.3, -0.25) is 0 Å². The molecule has 0 rings (SSSR count). The molecule has 0 saturated carbocycles. The Bertz CT molecular complexity index is 288. The van der Waals surface area contributed by atoms with Gasteiger partial charge in [0.1, 0.15) is 0 Å². The van der Waals surface area contributed by atoms with Gasteiger partial charge >= 0.3 is 11.9 Å². The van der Waals surface area contributed by atoms with Crippen molar-refractivity contribution in [3.63, 3.8) is 0 Å². The molecule has 4 nitrogen and oxygen atoms in total. The standard InChI is InChI=1S/C10H18O4Si/c1-5-8(15(2,3)4)7(10(13)14)6-9(11)12/h6,8H,5H2,1-4H3,(H,11,12)(H,13,14)/b7-6+. The zero-order valence-electron chi connectivity index (χ0n) is 9.57. The molecule has 0 aromatic rings. The SMILES string of the molecule is CCC(/C(=C\C(=O)O)C(=O)O)[Si](C)(C)C. The van der Waals surface area contributed by atoms with Crippen LogP contribution in [0.25, 0.3) is 0 Å². The molecular weight excluding hydrogens is 212 g/mol. The molecule has 2 N–H and O–H groups in total. The fourth-order valence-corrected chi connectivity index (χ4v) is 4.11. The van der Waals surface area contributed by atoms with Gasteiger partial charge in [0.25, 0.3) is 0 Å². The summed E-state index contributed by atoms with van der Waals surface area (Å²) >= 11 is 0. The summed E-state index contributed by atoms with van der Waals surface area (Å²) in [5.74, 6) is -2.31. The number of hydrogen-bond acceptors (Lipinski definition) is 2. The van der Waals surface area contributed by atoms with Gasteiger partial charge in [0.05, 0.1) is 8.07 Å². The second-order valence-corrected chi connectivity index (χ2v) is 10.00. The van der Waals surface area contributed by atoms with E-state index < -0.39 is 20.0 Å². The predicted molar refractivity (Wildman–Crippen MR) is 60.7 cm³/mol. The van der Waals surface area contributed by atoms with Crippen LogP contribution in [0.1, 0.15) is 13.3 Å². The molecule has 0 spiro atoms. The lowest BCUT2D eigenvalue weighted by atomic mass is 10.1. The van der Waals surface area contributed by atoms with Crippen molar-refractivity contribution in [2.75, 3.05) is 0 Å². The lowest BCUT2D eigenvalue weighted by Gasteiger charge is -2.28. The van der Waals surface area contributed by atoms with Gasteiger partial charge in [0, 0.05) is 11.6 Å². The minimum Gasteiger partial charge on any atom is -0.478 e. The molecule has 0 amide bonds. The molecule has 0 fully saturated rings. The van der Waals surface area contributed by atoms with Crippen molar-refractivity contribution >= 4 is 20.0 Å². The summed E-state index contributed by atoms with van der Waals surface area (Å²) in [5, 5.41) is 17.6. The Morgan fingerprint density at radius 3 is 1.93 bits per heavy atom. The van der Waals surface area contributed by atoms with E-state index in [1.54, 1.807) is 0 Å². The van der Waals surface area contributed by atoms with E-state index in [2.05, 4.69) is 0 Å². The Morgan fingerprint density at radius 2 is 1.73 bits per heavy atom. The number of aliphatic carboxylic acids is 2. The van der Waals surface area contributed by atoms with Gasteiger partial charge in [-0.1, -0.05) is 33.0 Å². The molecule has 0 aliphatic carbocycles. The van der Waals surface area contributed by atoms with Crippen LogP contribution in [0.2, 0.25) is 25.2 Å². The highest BCUT2D eigenvalue weighted by molar-refractivity contribution is 6.78. The van der Waals surface area contributed by atoms with Crippen molar-refractivity contribution in [1.29, 1.82) is 0 Å². The maximum Gasteiger partial charge on any atom is 0.331 e. The molecule has 0 aliphatic rings. The van der Waals surface area contributed by atoms with Gasteiger partial charge in [-0.05, 0) is 5.54 Å². The van der Waals surface area contributed by atoms with Crippen molar-refractivity contribution in [3.8, 4) is 0 Å². The molecule has 5 heteroatoms. The minimum atomic E-state index is -1.69. The van der Waals surface area contributed by atoms with Crippen molar-refractivity contribution in [3.05, 3.63) is 11.6 Å². The molecule has 0 aliphatic heterocycles. The Kier molecular flexibility index (Phi) is 4.74. The highest BCUT2D eigenvalue weighted by atomic mass is 28.3. The van der Waals surface area contributed by atoms with Crippen LogP contribution in [-0.4, -0.2) is 30.2 Å². The van der Waals surface area contributed by atoms with E-state index in [1.807, 2.05) is 26.6 Å². The van der Waals surface area contributed by atoms with Crippen molar-refractivity contribution in [2.24, 2.45) is 0 Å². The fraction of sp³-hybridized carbons (Fsp3) is 0.600. The first-order chi connectivity index (χ1) is 6.70. The van der Waals surface area contributed by atoms with E-state index in [0.717, 1.165) is 6.08 Å². The van der Waals surface area contributed by atoms with Crippen molar-refractivity contribution < 1.29 is 19.8 Å². The Balaban J connectivity index is 5.23. The van der Waals surface area contributed by atoms with Crippen LogP contribution in [0.15, 0.2) is 11.6 Å². The zero-order valence-corrected chi connectivity index (χ0v) is 10.6. The first-order valence-corrected chi connectivity index (χ1v) is 8.45. The molecule has 1 unspecified atom stereocenters. The summed E-state index contributed by atoms with van der Waals surface area (Å²) in [6.45, 7) is 8.01. The average Bonchev–Trinajstić information content (AvgIpc) is 2.00. The lowest BCUT2D eigenvalue weighted by Crippen LogP contribution is -2.31. The molecule has 15 heavy (non-hydrogen) atoms. The van der Waals surface area contributed by atoms with Crippen LogP contribution < -0.4 is 0 Å². The van der Waals surface area contributed by atoms with Gasteiger partial charge in [0.15, 0.2) is 0 Å². The molecule has 0 bridgehead atoms. The van der Waals surface area contributed by atoms with Crippen LogP contribution in [0, 0.1) is 0 Å². The molecule has 0 saturated heterocycles. The molecule has 0 aromatic carbocycles. The maximum atomic E-state index is 11.0. The van der Waals surface area contributed by atoms with Crippen LogP contribution in [0.3, 0.4) is 0 Å². The second-order valence-electron chi connectivity index (χ2n) is 4.57. The van der Waals surface area contributed by atoms with Crippen molar-refractivity contribution in [1.82, 2.24) is 0 Å². The Morgan fingerprint density at radius 1 is 1.27 bits per heavy atom. The van der Waals surface area contributed by atoms with Crippen molar-refractivity contribution in [2.45, 2.75) is 38.5 Å². The number of carboxylic acid groups (broad SMARTS) is 2. The number of rotatable bonds is 5. The average molecular weight is 230 g/mol. The van der Waals surface area contributed by atoms with Crippen LogP contribution in [0.4, 0.5) is 0 Å². The zero-order chi connectivity index (χ0) is 12.2. The summed E-state index contributed by atoms with van der Waals surface area (Å²) in [6.07, 6.45) is 1.50. The smallest absolute Gasteiger partial charge is 0.331 e. The van der Waals surface area contributed by atoms with Gasteiger partial charge in [-0.25, -0.2) is 9.59 Å². The highest BCUT2D eigenvalue weighted by Gasteiger charge is 2.32. The van der Waals surface area contributed by atoms with Gasteiger partial charge < -0.3 is 10.2 Å². The summed E-state index contributed by atoms with van der Waals surface area (Å²) in [7, 11) is -1.69. The lowest BCUT2D eigenvalue weighted by molar-refractivity contribution is -0.135. The fourth-order valence-electron chi connectivity index (χ4n) is 1.74. The molecule has 0 aromatic heterocycles. The largest absolute Gasteiger partial charge is 0.478 e.